The molecule has 0 spiro atoms. The minimum atomic E-state index is 0.253. The maximum Gasteiger partial charge on any atom is 0.0738 e. The van der Waals surface area contributed by atoms with Crippen molar-refractivity contribution < 1.29 is 0 Å². The van der Waals surface area contributed by atoms with Crippen molar-refractivity contribution in [1.29, 1.82) is 0 Å². The van der Waals surface area contributed by atoms with Crippen LogP contribution in [0.2, 0.25) is 0 Å². The Kier molecular flexibility index (Phi) is 5.53. The third-order valence-electron chi connectivity index (χ3n) is 3.60. The number of pyridine rings is 1. The summed E-state index contributed by atoms with van der Waals surface area (Å²) in [6.07, 6.45) is 5.85. The maximum atomic E-state index is 4.48. The summed E-state index contributed by atoms with van der Waals surface area (Å²) in [7, 11) is 2.00. The van der Waals surface area contributed by atoms with E-state index in [-0.39, 0.29) is 6.04 Å². The standard InChI is InChI=1S/C16H23BrN4/c1-5-6-19-14(13-7-11(2)9-18-10-13)8-15-16(17)12(3)20-21(15)4/h7,9-10,14,19H,5-6,8H2,1-4H3. The fraction of sp³-hybridized carbons (Fsp3) is 0.500. The molecule has 114 valence electrons. The second-order valence-corrected chi connectivity index (χ2v) is 6.27. The number of rotatable bonds is 6. The van der Waals surface area contributed by atoms with Gasteiger partial charge in [0, 0.05) is 31.9 Å². The fourth-order valence-electron chi connectivity index (χ4n) is 2.49. The first-order valence-corrected chi connectivity index (χ1v) is 8.15. The molecular weight excluding hydrogens is 328 g/mol. The van der Waals surface area contributed by atoms with Gasteiger partial charge in [-0.25, -0.2) is 0 Å². The second-order valence-electron chi connectivity index (χ2n) is 5.48. The van der Waals surface area contributed by atoms with Crippen LogP contribution in [0, 0.1) is 13.8 Å². The Morgan fingerprint density at radius 2 is 2.10 bits per heavy atom. The number of aromatic nitrogens is 3. The van der Waals surface area contributed by atoms with Crippen LogP contribution in [0.4, 0.5) is 0 Å². The molecule has 2 heterocycles. The first-order valence-electron chi connectivity index (χ1n) is 7.35. The lowest BCUT2D eigenvalue weighted by atomic mass is 10.0. The fourth-order valence-corrected chi connectivity index (χ4v) is 2.99. The summed E-state index contributed by atoms with van der Waals surface area (Å²) in [4.78, 5) is 4.33. The van der Waals surface area contributed by atoms with E-state index in [1.54, 1.807) is 0 Å². The quantitative estimate of drug-likeness (QED) is 0.867. The molecule has 5 heteroatoms. The Morgan fingerprint density at radius 1 is 1.33 bits per heavy atom. The van der Waals surface area contributed by atoms with Crippen molar-refractivity contribution in [1.82, 2.24) is 20.1 Å². The van der Waals surface area contributed by atoms with Crippen LogP contribution < -0.4 is 5.32 Å². The molecule has 0 aliphatic rings. The van der Waals surface area contributed by atoms with E-state index in [1.165, 1.54) is 16.8 Å². The van der Waals surface area contributed by atoms with E-state index >= 15 is 0 Å². The average molecular weight is 351 g/mol. The van der Waals surface area contributed by atoms with Gasteiger partial charge in [-0.05, 0) is 53.9 Å². The zero-order valence-electron chi connectivity index (χ0n) is 13.2. The molecule has 0 amide bonds. The Hall–Kier alpha value is -1.20. The topological polar surface area (TPSA) is 42.7 Å². The number of hydrogen-bond acceptors (Lipinski definition) is 3. The van der Waals surface area contributed by atoms with E-state index in [0.29, 0.717) is 0 Å². The van der Waals surface area contributed by atoms with Crippen LogP contribution in [0.3, 0.4) is 0 Å². The van der Waals surface area contributed by atoms with Gasteiger partial charge >= 0.3 is 0 Å². The van der Waals surface area contributed by atoms with Gasteiger partial charge in [0.05, 0.1) is 15.9 Å². The molecule has 21 heavy (non-hydrogen) atoms. The van der Waals surface area contributed by atoms with E-state index in [1.807, 2.05) is 31.0 Å². The Morgan fingerprint density at radius 3 is 2.67 bits per heavy atom. The van der Waals surface area contributed by atoms with Crippen LogP contribution in [-0.4, -0.2) is 21.3 Å². The minimum Gasteiger partial charge on any atom is -0.310 e. The highest BCUT2D eigenvalue weighted by molar-refractivity contribution is 9.10. The molecule has 0 aromatic carbocycles. The minimum absolute atomic E-state index is 0.253. The Labute approximate surface area is 135 Å². The van der Waals surface area contributed by atoms with Crippen LogP contribution in [0.15, 0.2) is 22.9 Å². The summed E-state index contributed by atoms with van der Waals surface area (Å²) in [6, 6.07) is 2.46. The van der Waals surface area contributed by atoms with E-state index in [4.69, 9.17) is 0 Å². The number of nitrogens with zero attached hydrogens (tertiary/aromatic N) is 3. The predicted molar refractivity (Wildman–Crippen MR) is 89.4 cm³/mol. The van der Waals surface area contributed by atoms with Gasteiger partial charge in [-0.1, -0.05) is 13.0 Å². The van der Waals surface area contributed by atoms with Gasteiger partial charge in [0.1, 0.15) is 0 Å². The molecule has 2 aromatic rings. The molecule has 0 aliphatic heterocycles. The first kappa shape index (κ1) is 16.2. The average Bonchev–Trinajstić information content (AvgIpc) is 2.69. The number of hydrogen-bond donors (Lipinski definition) is 1. The molecule has 1 unspecified atom stereocenters. The number of nitrogens with one attached hydrogen (secondary N) is 1. The van der Waals surface area contributed by atoms with E-state index in [9.17, 15) is 0 Å². The third-order valence-corrected chi connectivity index (χ3v) is 4.63. The van der Waals surface area contributed by atoms with Crippen molar-refractivity contribution >= 4 is 15.9 Å². The van der Waals surface area contributed by atoms with Gasteiger partial charge in [-0.3, -0.25) is 9.67 Å². The third kappa shape index (κ3) is 3.92. The van der Waals surface area contributed by atoms with Crippen LogP contribution in [0.5, 0.6) is 0 Å². The van der Waals surface area contributed by atoms with Crippen LogP contribution in [-0.2, 0) is 13.5 Å². The predicted octanol–water partition coefficient (Wildman–Crippen LogP) is 3.48. The molecule has 2 aromatic heterocycles. The lowest BCUT2D eigenvalue weighted by Crippen LogP contribution is -2.25. The Bertz CT molecular complexity index is 606. The number of aryl methyl sites for hydroxylation is 3. The smallest absolute Gasteiger partial charge is 0.0738 e. The summed E-state index contributed by atoms with van der Waals surface area (Å²) in [5.74, 6) is 0. The zero-order chi connectivity index (χ0) is 15.4. The lowest BCUT2D eigenvalue weighted by molar-refractivity contribution is 0.510. The van der Waals surface area contributed by atoms with Crippen molar-refractivity contribution in [3.05, 3.63) is 45.4 Å². The number of halogens is 1. The highest BCUT2D eigenvalue weighted by Crippen LogP contribution is 2.26. The van der Waals surface area contributed by atoms with Crippen molar-refractivity contribution in [3.8, 4) is 0 Å². The summed E-state index contributed by atoms with van der Waals surface area (Å²) >= 11 is 3.66. The molecule has 0 saturated carbocycles. The molecule has 0 fully saturated rings. The molecule has 1 N–H and O–H groups in total. The molecule has 0 radical (unpaired) electrons. The lowest BCUT2D eigenvalue weighted by Gasteiger charge is -2.19. The largest absolute Gasteiger partial charge is 0.310 e. The summed E-state index contributed by atoms with van der Waals surface area (Å²) < 4.78 is 3.07. The van der Waals surface area contributed by atoms with Crippen LogP contribution >= 0.6 is 15.9 Å². The van der Waals surface area contributed by atoms with Gasteiger partial charge < -0.3 is 5.32 Å². The van der Waals surface area contributed by atoms with Crippen molar-refractivity contribution in [2.24, 2.45) is 7.05 Å². The highest BCUT2D eigenvalue weighted by atomic mass is 79.9. The second kappa shape index (κ2) is 7.18. The van der Waals surface area contributed by atoms with Gasteiger partial charge in [0.15, 0.2) is 0 Å². The van der Waals surface area contributed by atoms with E-state index in [0.717, 1.165) is 29.6 Å². The SMILES string of the molecule is CCCNC(Cc1c(Br)c(C)nn1C)c1cncc(C)c1. The van der Waals surface area contributed by atoms with Gasteiger partial charge in [0.25, 0.3) is 0 Å². The molecule has 1 atom stereocenters. The summed E-state index contributed by atoms with van der Waals surface area (Å²) in [5.41, 5.74) is 4.66. The van der Waals surface area contributed by atoms with E-state index < -0.39 is 0 Å². The van der Waals surface area contributed by atoms with Gasteiger partial charge in [-0.2, -0.15) is 5.10 Å². The molecule has 0 bridgehead atoms. The van der Waals surface area contributed by atoms with Crippen LogP contribution in [0.25, 0.3) is 0 Å². The molecular formula is C16H23BrN4. The molecule has 0 saturated heterocycles. The highest BCUT2D eigenvalue weighted by Gasteiger charge is 2.18. The van der Waals surface area contributed by atoms with Crippen LogP contribution in [0.1, 0.15) is 41.9 Å². The van der Waals surface area contributed by atoms with E-state index in [2.05, 4.69) is 51.2 Å². The first-order chi connectivity index (χ1) is 10.0. The van der Waals surface area contributed by atoms with Crippen molar-refractivity contribution in [3.63, 3.8) is 0 Å². The molecule has 0 aliphatic carbocycles. The van der Waals surface area contributed by atoms with Gasteiger partial charge in [0.2, 0.25) is 0 Å². The summed E-state index contributed by atoms with van der Waals surface area (Å²) in [5, 5.41) is 8.10. The molecule has 4 nitrogen and oxygen atoms in total. The normalized spacial score (nSPS) is 12.6. The Balaban J connectivity index is 2.28. The summed E-state index contributed by atoms with van der Waals surface area (Å²) in [6.45, 7) is 7.28. The molecule has 2 rings (SSSR count). The van der Waals surface area contributed by atoms with Gasteiger partial charge in [-0.15, -0.1) is 0 Å². The monoisotopic (exact) mass is 350 g/mol. The zero-order valence-corrected chi connectivity index (χ0v) is 14.7. The van der Waals surface area contributed by atoms with Crippen molar-refractivity contribution in [2.75, 3.05) is 6.54 Å². The maximum absolute atomic E-state index is 4.48. The van der Waals surface area contributed by atoms with Crippen molar-refractivity contribution in [2.45, 2.75) is 39.7 Å².